The van der Waals surface area contributed by atoms with Crippen molar-refractivity contribution in [3.63, 3.8) is 0 Å². The number of anilines is 3. The predicted molar refractivity (Wildman–Crippen MR) is 419 cm³/mol. The highest BCUT2D eigenvalue weighted by Crippen LogP contribution is 2.69. The molecule has 1 spiro atoms. The quantitative estimate of drug-likeness (QED) is 0.00913. The minimum absolute atomic E-state index is 0.0879. The van der Waals surface area contributed by atoms with Crippen molar-refractivity contribution in [1.82, 2.24) is 50.7 Å². The molecule has 30 nitrogen and oxygen atoms in total. The predicted octanol–water partition coefficient (Wildman–Crippen LogP) is 6.32. The third kappa shape index (κ3) is 15.8. The summed E-state index contributed by atoms with van der Waals surface area (Å²) in [5, 5.41) is 59.0. The number of piperidine rings is 1. The van der Waals surface area contributed by atoms with E-state index < -0.39 is 89.6 Å². The van der Waals surface area contributed by atoms with E-state index in [2.05, 4.69) is 98.2 Å². The molecule has 3 saturated heterocycles. The number of nitrogens with zero attached hydrogens (tertiary/aromatic N) is 7. The summed E-state index contributed by atoms with van der Waals surface area (Å²) in [5.74, 6) is -3.78. The van der Waals surface area contributed by atoms with E-state index in [0.29, 0.717) is 127 Å². The van der Waals surface area contributed by atoms with Gasteiger partial charge in [-0.1, -0.05) is 69.9 Å². The number of aromatic nitrogens is 5. The molecule has 1 aliphatic carbocycles. The molecule has 604 valence electrons. The minimum Gasteiger partial charge on any atom is -0.496 e. The van der Waals surface area contributed by atoms with Crippen LogP contribution in [0.4, 0.5) is 17.3 Å². The van der Waals surface area contributed by atoms with Gasteiger partial charge in [-0.05, 0) is 129 Å². The Balaban J connectivity index is 0.580. The number of likely N-dealkylation sites (N-methyl/N-ethyl adjacent to an activating group) is 1. The van der Waals surface area contributed by atoms with Crippen molar-refractivity contribution in [1.29, 1.82) is 0 Å². The van der Waals surface area contributed by atoms with Gasteiger partial charge in [0.2, 0.25) is 29.2 Å². The zero-order valence-corrected chi connectivity index (χ0v) is 66.1. The van der Waals surface area contributed by atoms with Gasteiger partial charge >= 0.3 is 17.9 Å². The van der Waals surface area contributed by atoms with E-state index in [9.17, 15) is 39.6 Å². The number of H-pyrrole nitrogens is 1. The van der Waals surface area contributed by atoms with Gasteiger partial charge in [-0.25, -0.2) is 19.6 Å². The highest BCUT2D eigenvalue weighted by Gasteiger charge is 2.80. The molecule has 11 N–H and O–H groups in total. The van der Waals surface area contributed by atoms with Crippen molar-refractivity contribution in [3.8, 4) is 11.6 Å². The fourth-order valence-electron chi connectivity index (χ4n) is 19.9. The van der Waals surface area contributed by atoms with Crippen molar-refractivity contribution in [3.05, 3.63) is 113 Å². The van der Waals surface area contributed by atoms with E-state index >= 15 is 9.59 Å². The van der Waals surface area contributed by atoms with Crippen LogP contribution in [0.3, 0.4) is 0 Å². The van der Waals surface area contributed by atoms with Crippen molar-refractivity contribution in [2.45, 2.75) is 175 Å². The van der Waals surface area contributed by atoms with Gasteiger partial charge in [0.25, 0.3) is 5.91 Å². The topological polar surface area (TPSA) is 399 Å². The zero-order valence-electron chi connectivity index (χ0n) is 65.1. The third-order valence-electron chi connectivity index (χ3n) is 25.0. The van der Waals surface area contributed by atoms with Crippen molar-refractivity contribution in [2.24, 2.45) is 11.3 Å². The Hall–Kier alpha value is -8.92. The molecule has 1 saturated carbocycles. The number of carbonyl (C=O) groups excluding carboxylic acids is 5. The number of esters is 2. The number of rotatable bonds is 34. The van der Waals surface area contributed by atoms with Crippen LogP contribution < -0.4 is 36.6 Å². The normalized spacial score (nSPS) is 26.5. The number of aliphatic carboxylic acids is 1. The molecule has 6 aliphatic heterocycles. The number of carboxylic acid groups (broad SMARTS) is 1. The summed E-state index contributed by atoms with van der Waals surface area (Å²) in [7, 11) is 3.59. The highest BCUT2D eigenvalue weighted by molar-refractivity contribution is 6.74. The summed E-state index contributed by atoms with van der Waals surface area (Å²) < 4.78 is 43.6. The van der Waals surface area contributed by atoms with Crippen molar-refractivity contribution < 1.29 is 82.0 Å². The fourth-order valence-corrected chi connectivity index (χ4v) is 24.6. The first-order chi connectivity index (χ1) is 54.0. The lowest BCUT2D eigenvalue weighted by Crippen LogP contribution is -2.82. The van der Waals surface area contributed by atoms with Crippen molar-refractivity contribution >= 4 is 83.3 Å². The van der Waals surface area contributed by atoms with Gasteiger partial charge in [-0.3, -0.25) is 29.0 Å². The number of methoxy groups -OCH3 is 3. The molecular formula is C81H109N13O17Si. The number of amides is 3. The molecule has 11 atom stereocenters. The van der Waals surface area contributed by atoms with Crippen molar-refractivity contribution in [2.75, 3.05) is 130 Å². The number of unbranched alkanes of at least 4 members (excludes halogenated alkanes) is 1. The maximum atomic E-state index is 15.8. The number of carboxylic acids is 1. The maximum absolute atomic E-state index is 15.8. The summed E-state index contributed by atoms with van der Waals surface area (Å²) >= 11 is 0. The molecule has 13 rings (SSSR count). The molecule has 3 aromatic heterocycles. The Morgan fingerprint density at radius 1 is 0.804 bits per heavy atom. The number of aliphatic hydroxyl groups is 2. The van der Waals surface area contributed by atoms with Gasteiger partial charge in [-0.2, -0.15) is 9.97 Å². The molecule has 0 radical (unpaired) electrons. The van der Waals surface area contributed by atoms with Gasteiger partial charge in [0.1, 0.15) is 17.2 Å². The van der Waals surface area contributed by atoms with Gasteiger partial charge in [0.15, 0.2) is 19.5 Å². The monoisotopic (exact) mass is 1560 g/mol. The maximum Gasteiger partial charge on any atom is 0.342 e. The molecule has 7 aliphatic rings. The van der Waals surface area contributed by atoms with Gasteiger partial charge in [0.05, 0.1) is 97.2 Å². The summed E-state index contributed by atoms with van der Waals surface area (Å²) in [6.07, 6.45) is 12.4. The summed E-state index contributed by atoms with van der Waals surface area (Å²) in [6.45, 7) is 9.75. The number of aromatic hydroxyl groups is 1. The van der Waals surface area contributed by atoms with Crippen LogP contribution in [0, 0.1) is 11.3 Å². The van der Waals surface area contributed by atoms with Crippen LogP contribution in [-0.4, -0.2) is 248 Å². The first-order valence-corrected chi connectivity index (χ1v) is 42.2. The number of aromatic amines is 1. The Kier molecular flexibility index (Phi) is 24.9. The number of benzene rings is 3. The number of hydrogen-bond donors (Lipinski definition) is 10. The number of carbonyl (C=O) groups is 6. The number of nitrogens with two attached hydrogens (primary N) is 1. The average molecular weight is 1560 g/mol. The average Bonchev–Trinajstić information content (AvgIpc) is 1.45. The highest BCUT2D eigenvalue weighted by atomic mass is 28.4. The lowest BCUT2D eigenvalue weighted by Gasteiger charge is -2.65. The second-order valence-corrected chi connectivity index (χ2v) is 35.6. The molecule has 4 fully saturated rings. The molecule has 2 unspecified atom stereocenters. The van der Waals surface area contributed by atoms with Gasteiger partial charge < -0.3 is 90.2 Å². The molecule has 31 heteroatoms. The van der Waals surface area contributed by atoms with Crippen LogP contribution in [0.25, 0.3) is 22.1 Å². The van der Waals surface area contributed by atoms with E-state index in [-0.39, 0.29) is 92.9 Å². The Labute approximate surface area is 653 Å². The fraction of sp³-hybridized carbons (Fsp3) is 0.580. The first kappa shape index (κ1) is 81.1. The number of ether oxygens (including phenoxy) is 6. The smallest absolute Gasteiger partial charge is 0.342 e. The minimum atomic E-state index is -2.81. The lowest BCUT2D eigenvalue weighted by atomic mass is 9.47. The molecule has 3 amide bonds. The standard InChI is InChI=1S/C81H109N13O17Si/c1-7-77(103)45-51-46-80(74(101)106-5,66-56(26-32-93(49-51)50-77)55-17-10-11-18-59(55)88-66)58-43-57-61(44-62(58)105-4)92(3)72-79(57)28-33-94-31-16-27-78(8-2,71(79)94)73(81(72,104)75(102)107-6)111-112(40-13-9-14-41-112)42-15-12-19-63(95)83-29-34-108-36-38-110-39-37-109-35-30-84-64(96)25-24-60(70(99)100)89-68(97)52-20-22-53(23-21-52)85-47-54-48-86-67-65(87-54)69(98)91-76(82)90-67/h10-11,16-18,20-23,27,43-44,48,51,60,71-73,85,88,103-104H,7-9,12-15,19,24-26,28-42,45-47,49-50H2,1-6H3,(H,83,95)(H,84,96)(H,89,97)(H,99,100)(H3,82,86,90,91,98)/t51?,60-,71-,72+,73+,77-,78+,79+,80-,81-/m0/s1. The molecule has 112 heavy (non-hydrogen) atoms. The van der Waals surface area contributed by atoms with Crippen LogP contribution in [0.15, 0.2) is 79.0 Å². The molecule has 2 bridgehead atoms. The molecular weight excluding hydrogens is 1460 g/mol. The summed E-state index contributed by atoms with van der Waals surface area (Å²) in [4.78, 5) is 109. The Morgan fingerprint density at radius 2 is 1.52 bits per heavy atom. The van der Waals surface area contributed by atoms with E-state index in [1.54, 1.807) is 19.2 Å². The Morgan fingerprint density at radius 3 is 2.21 bits per heavy atom. The van der Waals surface area contributed by atoms with Crippen LogP contribution in [-0.2, 0) is 75.9 Å². The zero-order chi connectivity index (χ0) is 79.2. The van der Waals surface area contributed by atoms with Crippen LogP contribution in [0.5, 0.6) is 11.6 Å². The van der Waals surface area contributed by atoms with Gasteiger partial charge in [0, 0.05) is 121 Å². The largest absolute Gasteiger partial charge is 0.496 e. The lowest BCUT2D eigenvalue weighted by molar-refractivity contribution is -0.214. The number of fused-ring (bicyclic) bond motifs is 7. The number of nitrogens with one attached hydrogen (secondary N) is 5. The van der Waals surface area contributed by atoms with Crippen LogP contribution >= 0.6 is 0 Å². The Bertz CT molecular complexity index is 4450. The molecule has 3 aromatic carbocycles. The second-order valence-electron chi connectivity index (χ2n) is 31.5. The molecule has 6 aromatic rings. The molecule has 9 heterocycles. The third-order valence-corrected chi connectivity index (χ3v) is 29.5. The number of para-hydroxylation sites is 1. The van der Waals surface area contributed by atoms with E-state index in [0.717, 1.165) is 77.2 Å². The van der Waals surface area contributed by atoms with E-state index in [1.165, 1.54) is 32.5 Å². The van der Waals surface area contributed by atoms with Crippen LogP contribution in [0.1, 0.15) is 136 Å². The van der Waals surface area contributed by atoms with E-state index in [1.807, 2.05) is 32.2 Å². The summed E-state index contributed by atoms with van der Waals surface area (Å²) in [5.41, 5.74) is 5.69. The SMILES string of the molecule is CC[C@]1(O)CC2CN(CCc3c([nH]c4ccccc34)[C@@](C(=O)OC)(c3cc4c(cc3OC)N(C)[C@H]3[C@@](O)(C(=O)OC)[C@H](O[Si]5(CCCCC(=O)NCCOCCOCCOCCNC(=O)CC[C@H](NC(=O)c6ccc(NCc7cnc8nc(N)nc(O)c8n7)cc6)C(=O)O)CCCCC5)[C@]5(CC)C=CCN6CC[C@]43[C@@H]65)C2)C1. The van der Waals surface area contributed by atoms with E-state index in [4.69, 9.17) is 38.6 Å². The second kappa shape index (κ2) is 34.4. The first-order valence-electron chi connectivity index (χ1n) is 39.6. The van der Waals surface area contributed by atoms with Crippen LogP contribution in [0.2, 0.25) is 18.1 Å². The summed E-state index contributed by atoms with van der Waals surface area (Å²) in [6, 6.07) is 18.7. The number of nitrogen functional groups attached to an aromatic ring is 1. The number of hydrogen-bond acceptors (Lipinski definition) is 25. The van der Waals surface area contributed by atoms with Gasteiger partial charge in [-0.15, -0.1) is 0 Å².